The minimum atomic E-state index is -3.81. The minimum Gasteiger partial charge on any atom is -0.496 e. The first-order valence-electron chi connectivity index (χ1n) is 8.10. The summed E-state index contributed by atoms with van der Waals surface area (Å²) in [4.78, 5) is 16.6. The van der Waals surface area contributed by atoms with Crippen LogP contribution >= 0.6 is 11.6 Å². The first-order chi connectivity index (χ1) is 12.9. The number of ether oxygens (including phenoxy) is 2. The molecule has 1 aromatic carbocycles. The van der Waals surface area contributed by atoms with Gasteiger partial charge < -0.3 is 14.8 Å². The maximum atomic E-state index is 12.6. The van der Waals surface area contributed by atoms with Crippen LogP contribution in [0.25, 0.3) is 0 Å². The molecule has 1 saturated heterocycles. The molecular formula is C17H18ClN3O5S. The average molecular weight is 412 g/mol. The van der Waals surface area contributed by atoms with E-state index in [1.165, 1.54) is 31.5 Å². The molecule has 0 aliphatic carbocycles. The Balaban J connectivity index is 1.89. The molecule has 2 heterocycles. The van der Waals surface area contributed by atoms with Crippen molar-refractivity contribution in [2.75, 3.05) is 25.6 Å². The van der Waals surface area contributed by atoms with E-state index in [0.717, 1.165) is 0 Å². The molecule has 1 atom stereocenters. The Morgan fingerprint density at radius 3 is 2.85 bits per heavy atom. The standard InChI is InChI=1S/C17H18ClN3O5S/c1-25-15-5-4-12(27(23,24)21-11-6-8-26-10-11)9-13(15)17(22)20-16-14(18)3-2-7-19-16/h2-5,7,9,11,21H,6,8,10H2,1H3,(H,19,20,22). The smallest absolute Gasteiger partial charge is 0.260 e. The van der Waals surface area contributed by atoms with Crippen molar-refractivity contribution in [1.29, 1.82) is 0 Å². The number of amides is 1. The van der Waals surface area contributed by atoms with Crippen LogP contribution in [-0.2, 0) is 14.8 Å². The van der Waals surface area contributed by atoms with Gasteiger partial charge in [0.2, 0.25) is 10.0 Å². The molecular weight excluding hydrogens is 394 g/mol. The Bertz CT molecular complexity index is 945. The van der Waals surface area contributed by atoms with Crippen molar-refractivity contribution in [2.45, 2.75) is 17.4 Å². The number of nitrogens with zero attached hydrogens (tertiary/aromatic N) is 1. The minimum absolute atomic E-state index is 0.0461. The molecule has 1 fully saturated rings. The summed E-state index contributed by atoms with van der Waals surface area (Å²) in [5.74, 6) is -0.197. The van der Waals surface area contributed by atoms with Gasteiger partial charge in [-0.1, -0.05) is 11.6 Å². The van der Waals surface area contributed by atoms with E-state index in [2.05, 4.69) is 15.0 Å². The van der Waals surface area contributed by atoms with Gasteiger partial charge in [-0.15, -0.1) is 0 Å². The highest BCUT2D eigenvalue weighted by Gasteiger charge is 2.25. The van der Waals surface area contributed by atoms with Crippen LogP contribution in [0.2, 0.25) is 5.02 Å². The van der Waals surface area contributed by atoms with E-state index in [4.69, 9.17) is 21.1 Å². The molecule has 10 heteroatoms. The fourth-order valence-electron chi connectivity index (χ4n) is 2.60. The van der Waals surface area contributed by atoms with Crippen LogP contribution in [0.4, 0.5) is 5.82 Å². The number of methoxy groups -OCH3 is 1. The molecule has 0 saturated carbocycles. The Morgan fingerprint density at radius 1 is 1.37 bits per heavy atom. The molecule has 0 radical (unpaired) electrons. The number of sulfonamides is 1. The van der Waals surface area contributed by atoms with E-state index in [9.17, 15) is 13.2 Å². The third-order valence-electron chi connectivity index (χ3n) is 3.97. The van der Waals surface area contributed by atoms with Crippen LogP contribution in [-0.4, -0.2) is 45.7 Å². The van der Waals surface area contributed by atoms with E-state index >= 15 is 0 Å². The van der Waals surface area contributed by atoms with Gasteiger partial charge in [0.25, 0.3) is 5.91 Å². The summed E-state index contributed by atoms with van der Waals surface area (Å²) in [7, 11) is -2.42. The first kappa shape index (κ1) is 19.6. The Kier molecular flexibility index (Phi) is 5.95. The molecule has 2 aromatic rings. The molecule has 2 N–H and O–H groups in total. The zero-order chi connectivity index (χ0) is 19.4. The van der Waals surface area contributed by atoms with E-state index in [0.29, 0.717) is 19.6 Å². The number of carbonyl (C=O) groups is 1. The third kappa shape index (κ3) is 4.56. The third-order valence-corrected chi connectivity index (χ3v) is 5.79. The van der Waals surface area contributed by atoms with Gasteiger partial charge in [-0.2, -0.15) is 0 Å². The maximum Gasteiger partial charge on any atom is 0.260 e. The number of hydrogen-bond acceptors (Lipinski definition) is 6. The van der Waals surface area contributed by atoms with Gasteiger partial charge in [0.15, 0.2) is 5.82 Å². The van der Waals surface area contributed by atoms with Gasteiger partial charge in [-0.05, 0) is 36.8 Å². The van der Waals surface area contributed by atoms with Gasteiger partial charge in [0, 0.05) is 18.8 Å². The second-order valence-electron chi connectivity index (χ2n) is 5.83. The van der Waals surface area contributed by atoms with Crippen LogP contribution < -0.4 is 14.8 Å². The number of nitrogens with one attached hydrogen (secondary N) is 2. The lowest BCUT2D eigenvalue weighted by Gasteiger charge is -2.14. The van der Waals surface area contributed by atoms with Crippen LogP contribution in [0.1, 0.15) is 16.8 Å². The summed E-state index contributed by atoms with van der Waals surface area (Å²) in [6, 6.07) is 6.97. The molecule has 1 unspecified atom stereocenters. The van der Waals surface area contributed by atoms with Gasteiger partial charge in [-0.3, -0.25) is 4.79 Å². The van der Waals surface area contributed by atoms with E-state index < -0.39 is 15.9 Å². The average Bonchev–Trinajstić information content (AvgIpc) is 3.15. The Morgan fingerprint density at radius 2 is 2.19 bits per heavy atom. The van der Waals surface area contributed by atoms with Crippen LogP contribution in [0.5, 0.6) is 5.75 Å². The number of carbonyl (C=O) groups excluding carboxylic acids is 1. The molecule has 1 aliphatic heterocycles. The van der Waals surface area contributed by atoms with Crippen LogP contribution in [0, 0.1) is 0 Å². The number of aromatic nitrogens is 1. The van der Waals surface area contributed by atoms with Crippen molar-refractivity contribution in [2.24, 2.45) is 0 Å². The SMILES string of the molecule is COc1ccc(S(=O)(=O)NC2CCOC2)cc1C(=O)Nc1ncccc1Cl. The predicted octanol–water partition coefficient (Wildman–Crippen LogP) is 2.06. The van der Waals surface area contributed by atoms with Gasteiger partial charge in [0.05, 0.1) is 29.2 Å². The monoisotopic (exact) mass is 411 g/mol. The normalized spacial score (nSPS) is 16.9. The molecule has 3 rings (SSSR count). The molecule has 27 heavy (non-hydrogen) atoms. The summed E-state index contributed by atoms with van der Waals surface area (Å²) in [6.45, 7) is 0.829. The van der Waals surface area contributed by atoms with Crippen molar-refractivity contribution >= 4 is 33.3 Å². The van der Waals surface area contributed by atoms with Crippen LogP contribution in [0.15, 0.2) is 41.4 Å². The summed E-state index contributed by atoms with van der Waals surface area (Å²) in [5, 5.41) is 2.82. The fraction of sp³-hybridized carbons (Fsp3) is 0.294. The van der Waals surface area contributed by atoms with Crippen molar-refractivity contribution in [3.05, 3.63) is 47.1 Å². The number of anilines is 1. The lowest BCUT2D eigenvalue weighted by molar-refractivity contribution is 0.102. The second-order valence-corrected chi connectivity index (χ2v) is 7.95. The van der Waals surface area contributed by atoms with Gasteiger partial charge in [0.1, 0.15) is 5.75 Å². The van der Waals surface area contributed by atoms with E-state index in [-0.39, 0.29) is 33.1 Å². The largest absolute Gasteiger partial charge is 0.496 e. The molecule has 1 amide bonds. The molecule has 144 valence electrons. The molecule has 0 bridgehead atoms. The van der Waals surface area contributed by atoms with Crippen molar-refractivity contribution in [3.63, 3.8) is 0 Å². The quantitative estimate of drug-likeness (QED) is 0.753. The van der Waals surface area contributed by atoms with Crippen molar-refractivity contribution in [1.82, 2.24) is 9.71 Å². The van der Waals surface area contributed by atoms with Gasteiger partial charge in [-0.25, -0.2) is 18.1 Å². The lowest BCUT2D eigenvalue weighted by atomic mass is 10.2. The Labute approximate surface area is 161 Å². The Hall–Kier alpha value is -2.20. The fourth-order valence-corrected chi connectivity index (χ4v) is 4.05. The molecule has 0 spiro atoms. The second kappa shape index (κ2) is 8.22. The molecule has 1 aromatic heterocycles. The predicted molar refractivity (Wildman–Crippen MR) is 99.7 cm³/mol. The first-order valence-corrected chi connectivity index (χ1v) is 9.97. The molecule has 8 nitrogen and oxygen atoms in total. The maximum absolute atomic E-state index is 12.6. The van der Waals surface area contributed by atoms with E-state index in [1.807, 2.05) is 0 Å². The zero-order valence-electron chi connectivity index (χ0n) is 14.4. The summed E-state index contributed by atoms with van der Waals surface area (Å²) in [5.41, 5.74) is 0.0461. The number of benzene rings is 1. The number of pyridine rings is 1. The highest BCUT2D eigenvalue weighted by Crippen LogP contribution is 2.25. The van der Waals surface area contributed by atoms with Crippen LogP contribution in [0.3, 0.4) is 0 Å². The van der Waals surface area contributed by atoms with Gasteiger partial charge >= 0.3 is 0 Å². The highest BCUT2D eigenvalue weighted by atomic mass is 35.5. The number of hydrogen-bond donors (Lipinski definition) is 2. The lowest BCUT2D eigenvalue weighted by Crippen LogP contribution is -2.35. The summed E-state index contributed by atoms with van der Waals surface area (Å²) >= 11 is 6.00. The van der Waals surface area contributed by atoms with Crippen molar-refractivity contribution in [3.8, 4) is 5.75 Å². The highest BCUT2D eigenvalue weighted by molar-refractivity contribution is 7.89. The summed E-state index contributed by atoms with van der Waals surface area (Å²) in [6.07, 6.45) is 2.08. The molecule has 1 aliphatic rings. The van der Waals surface area contributed by atoms with Crippen molar-refractivity contribution < 1.29 is 22.7 Å². The number of rotatable bonds is 6. The topological polar surface area (TPSA) is 107 Å². The summed E-state index contributed by atoms with van der Waals surface area (Å²) < 4.78 is 38.2. The number of halogens is 1. The zero-order valence-corrected chi connectivity index (χ0v) is 16.0. The van der Waals surface area contributed by atoms with E-state index in [1.54, 1.807) is 12.1 Å².